The van der Waals surface area contributed by atoms with Crippen LogP contribution in [0.1, 0.15) is 11.6 Å². The van der Waals surface area contributed by atoms with Gasteiger partial charge in [-0.2, -0.15) is 0 Å². The van der Waals surface area contributed by atoms with Crippen molar-refractivity contribution < 1.29 is 0 Å². The molecule has 1 aliphatic heterocycles. The van der Waals surface area contributed by atoms with Crippen LogP contribution in [0.5, 0.6) is 0 Å². The molecule has 7 aromatic carbocycles. The molecule has 50 heavy (non-hydrogen) atoms. The molecule has 3 heteroatoms. The molecule has 1 N–H and O–H groups in total. The lowest BCUT2D eigenvalue weighted by molar-refractivity contribution is 0.737. The Morgan fingerprint density at radius 2 is 1.02 bits per heavy atom. The first-order chi connectivity index (χ1) is 24.8. The first-order valence-corrected chi connectivity index (χ1v) is 17.2. The number of fused-ring (bicyclic) bond motifs is 7. The van der Waals surface area contributed by atoms with E-state index in [2.05, 4.69) is 203 Å². The van der Waals surface area contributed by atoms with Gasteiger partial charge in [0.05, 0.1) is 28.1 Å². The molecule has 0 bridgehead atoms. The summed E-state index contributed by atoms with van der Waals surface area (Å²) in [7, 11) is 0. The van der Waals surface area contributed by atoms with E-state index in [0.717, 1.165) is 11.5 Å². The summed E-state index contributed by atoms with van der Waals surface area (Å²) in [4.78, 5) is 0. The molecule has 3 nitrogen and oxygen atoms in total. The first kappa shape index (κ1) is 28.4. The highest BCUT2D eigenvalue weighted by Crippen LogP contribution is 2.42. The summed E-state index contributed by atoms with van der Waals surface area (Å²) in [5.74, 6) is 1.05. The third-order valence-corrected chi connectivity index (χ3v) is 10.1. The van der Waals surface area contributed by atoms with E-state index in [4.69, 9.17) is 0 Å². The van der Waals surface area contributed by atoms with Crippen LogP contribution in [0, 0.1) is 0 Å². The van der Waals surface area contributed by atoms with Crippen LogP contribution in [0.25, 0.3) is 77.4 Å². The summed E-state index contributed by atoms with van der Waals surface area (Å²) >= 11 is 0. The van der Waals surface area contributed by atoms with Crippen LogP contribution in [-0.4, -0.2) is 9.13 Å². The lowest BCUT2D eigenvalue weighted by Gasteiger charge is -2.25. The maximum Gasteiger partial charge on any atom is 0.111 e. The monoisotopic (exact) mass is 639 g/mol. The van der Waals surface area contributed by atoms with Crippen LogP contribution >= 0.6 is 0 Å². The van der Waals surface area contributed by atoms with Gasteiger partial charge in [0.2, 0.25) is 0 Å². The number of aromatic nitrogens is 2. The molecule has 0 saturated carbocycles. The predicted octanol–water partition coefficient (Wildman–Crippen LogP) is 11.9. The minimum absolute atomic E-state index is 0.0257. The Labute approximate surface area is 290 Å². The summed E-state index contributed by atoms with van der Waals surface area (Å²) in [6.07, 6.45) is 6.70. The molecule has 0 radical (unpaired) electrons. The molecule has 3 heterocycles. The molecule has 0 spiro atoms. The van der Waals surface area contributed by atoms with Crippen molar-refractivity contribution in [3.05, 3.63) is 194 Å². The highest BCUT2D eigenvalue weighted by atomic mass is 15.2. The fraction of sp³-hybridized carbons (Fsp3) is 0.0213. The van der Waals surface area contributed by atoms with Crippen molar-refractivity contribution in [1.29, 1.82) is 0 Å². The van der Waals surface area contributed by atoms with Gasteiger partial charge >= 0.3 is 0 Å². The standard InChI is InChI=1S/C47H33N3/c1-4-15-32(16-5-1)34-29-35(33-17-6-2-7-18-33)31-36(30-34)41-23-14-26-45(48-41)50-42-24-12-10-21-38(42)39-27-28-44-46(47(39)50)40-22-11-13-25-43(40)49(44)37-19-8-3-9-20-37/h1-31,41,48H. The fourth-order valence-electron chi connectivity index (χ4n) is 7.89. The van der Waals surface area contributed by atoms with Gasteiger partial charge in [0.15, 0.2) is 0 Å². The molecule has 1 atom stereocenters. The molecular formula is C47H33N3. The summed E-state index contributed by atoms with van der Waals surface area (Å²) in [6, 6.07) is 61.2. The summed E-state index contributed by atoms with van der Waals surface area (Å²) in [6.45, 7) is 0. The number of para-hydroxylation sites is 3. The highest BCUT2D eigenvalue weighted by Gasteiger charge is 2.23. The Morgan fingerprint density at radius 3 is 1.70 bits per heavy atom. The zero-order valence-corrected chi connectivity index (χ0v) is 27.4. The summed E-state index contributed by atoms with van der Waals surface area (Å²) < 4.78 is 4.85. The molecule has 9 aromatic rings. The van der Waals surface area contributed by atoms with Crippen LogP contribution in [0.2, 0.25) is 0 Å². The van der Waals surface area contributed by atoms with Crippen molar-refractivity contribution in [3.8, 4) is 27.9 Å². The van der Waals surface area contributed by atoms with Gasteiger partial charge in [-0.1, -0.05) is 133 Å². The third-order valence-electron chi connectivity index (χ3n) is 10.1. The predicted molar refractivity (Wildman–Crippen MR) is 210 cm³/mol. The molecule has 236 valence electrons. The van der Waals surface area contributed by atoms with Crippen molar-refractivity contribution in [3.63, 3.8) is 0 Å². The van der Waals surface area contributed by atoms with Crippen molar-refractivity contribution in [2.75, 3.05) is 0 Å². The zero-order valence-electron chi connectivity index (χ0n) is 27.4. The number of dihydropyridines is 1. The van der Waals surface area contributed by atoms with E-state index in [-0.39, 0.29) is 6.04 Å². The Kier molecular flexibility index (Phi) is 6.56. The number of allylic oxidation sites excluding steroid dienone is 2. The van der Waals surface area contributed by atoms with Crippen LogP contribution in [0.3, 0.4) is 0 Å². The lowest BCUT2D eigenvalue weighted by atomic mass is 9.93. The average molecular weight is 640 g/mol. The van der Waals surface area contributed by atoms with E-state index in [0.29, 0.717) is 0 Å². The van der Waals surface area contributed by atoms with Gasteiger partial charge < -0.3 is 9.88 Å². The Hall–Kier alpha value is -6.58. The largest absolute Gasteiger partial charge is 0.361 e. The topological polar surface area (TPSA) is 21.9 Å². The van der Waals surface area contributed by atoms with Crippen molar-refractivity contribution in [1.82, 2.24) is 14.5 Å². The van der Waals surface area contributed by atoms with E-state index in [9.17, 15) is 0 Å². The van der Waals surface area contributed by atoms with Gasteiger partial charge in [0.1, 0.15) is 5.82 Å². The molecule has 2 aromatic heterocycles. The highest BCUT2D eigenvalue weighted by molar-refractivity contribution is 6.26. The van der Waals surface area contributed by atoms with Gasteiger partial charge in [0, 0.05) is 27.2 Å². The van der Waals surface area contributed by atoms with E-state index >= 15 is 0 Å². The zero-order chi connectivity index (χ0) is 33.0. The first-order valence-electron chi connectivity index (χ1n) is 17.2. The molecule has 10 rings (SSSR count). The lowest BCUT2D eigenvalue weighted by Crippen LogP contribution is -2.24. The van der Waals surface area contributed by atoms with E-state index in [1.165, 1.54) is 71.4 Å². The number of rotatable bonds is 5. The average Bonchev–Trinajstić information content (AvgIpc) is 3.72. The fourth-order valence-corrected chi connectivity index (χ4v) is 7.89. The molecule has 0 saturated heterocycles. The van der Waals surface area contributed by atoms with Crippen molar-refractivity contribution >= 4 is 49.4 Å². The van der Waals surface area contributed by atoms with Gasteiger partial charge in [-0.15, -0.1) is 0 Å². The summed E-state index contributed by atoms with van der Waals surface area (Å²) in [5.41, 5.74) is 12.0. The molecule has 0 amide bonds. The van der Waals surface area contributed by atoms with Gasteiger partial charge in [-0.25, -0.2) is 0 Å². The summed E-state index contributed by atoms with van der Waals surface area (Å²) in [5, 5.41) is 8.98. The number of benzene rings is 7. The normalized spacial score (nSPS) is 14.4. The third kappa shape index (κ3) is 4.52. The maximum atomic E-state index is 4.00. The van der Waals surface area contributed by atoms with Gasteiger partial charge in [-0.05, 0) is 82.4 Å². The van der Waals surface area contributed by atoms with Crippen molar-refractivity contribution in [2.24, 2.45) is 0 Å². The second-order valence-corrected chi connectivity index (χ2v) is 13.0. The molecular weight excluding hydrogens is 607 g/mol. The van der Waals surface area contributed by atoms with Crippen LogP contribution in [0.15, 0.2) is 188 Å². The van der Waals surface area contributed by atoms with Gasteiger partial charge in [0.25, 0.3) is 0 Å². The smallest absolute Gasteiger partial charge is 0.111 e. The SMILES string of the molecule is C1=CC(c2cc(-c3ccccc3)cc(-c3ccccc3)c2)NC(n2c3ccccc3c3ccc4c(c5ccccc5n4-c4ccccc4)c32)=C1. The molecule has 1 aliphatic rings. The minimum atomic E-state index is -0.0257. The second-order valence-electron chi connectivity index (χ2n) is 13.0. The Balaban J connectivity index is 1.18. The van der Waals surface area contributed by atoms with Crippen LogP contribution in [0.4, 0.5) is 0 Å². The number of nitrogens with one attached hydrogen (secondary N) is 1. The van der Waals surface area contributed by atoms with E-state index in [1.54, 1.807) is 0 Å². The van der Waals surface area contributed by atoms with Crippen molar-refractivity contribution in [2.45, 2.75) is 6.04 Å². The molecule has 0 aliphatic carbocycles. The number of hydrogen-bond donors (Lipinski definition) is 1. The van der Waals surface area contributed by atoms with Crippen LogP contribution in [-0.2, 0) is 0 Å². The Bertz CT molecular complexity index is 2710. The van der Waals surface area contributed by atoms with Gasteiger partial charge in [-0.3, -0.25) is 4.57 Å². The molecule has 1 unspecified atom stereocenters. The number of nitrogens with zero attached hydrogens (tertiary/aromatic N) is 2. The van der Waals surface area contributed by atoms with E-state index < -0.39 is 0 Å². The maximum absolute atomic E-state index is 4.00. The number of hydrogen-bond acceptors (Lipinski definition) is 1. The second kappa shape index (κ2) is 11.5. The quantitative estimate of drug-likeness (QED) is 0.199. The van der Waals surface area contributed by atoms with Crippen LogP contribution < -0.4 is 5.32 Å². The minimum Gasteiger partial charge on any atom is -0.361 e. The Morgan fingerprint density at radius 1 is 0.440 bits per heavy atom. The molecule has 0 fully saturated rings. The van der Waals surface area contributed by atoms with E-state index in [1.807, 2.05) is 0 Å².